The molecule has 0 saturated carbocycles. The summed E-state index contributed by atoms with van der Waals surface area (Å²) in [4.78, 5) is 26.6. The van der Waals surface area contributed by atoms with Gasteiger partial charge >= 0.3 is 5.97 Å². The van der Waals surface area contributed by atoms with E-state index < -0.39 is 17.8 Å². The third-order valence-corrected chi connectivity index (χ3v) is 6.31. The zero-order valence-electron chi connectivity index (χ0n) is 19.7. The highest BCUT2D eigenvalue weighted by Gasteiger charge is 2.44. The van der Waals surface area contributed by atoms with E-state index in [2.05, 4.69) is 11.9 Å². The fraction of sp³-hybridized carbons (Fsp3) is 0.333. The van der Waals surface area contributed by atoms with Crippen LogP contribution in [0.25, 0.3) is 0 Å². The average molecular weight is 464 g/mol. The molecule has 2 aromatic carbocycles. The largest absolute Gasteiger partial charge is 0.493 e. The van der Waals surface area contributed by atoms with E-state index in [4.69, 9.17) is 18.9 Å². The van der Waals surface area contributed by atoms with Gasteiger partial charge in [0, 0.05) is 29.3 Å². The Labute approximate surface area is 199 Å². The van der Waals surface area contributed by atoms with Crippen molar-refractivity contribution >= 4 is 11.8 Å². The minimum atomic E-state index is -0.799. The molecule has 34 heavy (non-hydrogen) atoms. The van der Waals surface area contributed by atoms with E-state index in [1.54, 1.807) is 12.1 Å². The summed E-state index contributed by atoms with van der Waals surface area (Å²) in [5.41, 5.74) is 3.48. The molecule has 0 radical (unpaired) electrons. The number of carbonyl (C=O) groups excluding carboxylic acids is 2. The Balaban J connectivity index is 1.79. The number of hydrogen-bond donors (Lipinski definition) is 1. The Morgan fingerprint density at radius 2 is 1.71 bits per heavy atom. The van der Waals surface area contributed by atoms with Crippen LogP contribution in [0.5, 0.6) is 17.2 Å². The van der Waals surface area contributed by atoms with Crippen LogP contribution in [-0.4, -0.2) is 33.1 Å². The van der Waals surface area contributed by atoms with Gasteiger partial charge < -0.3 is 24.3 Å². The smallest absolute Gasteiger partial charge is 0.316 e. The van der Waals surface area contributed by atoms with Gasteiger partial charge in [0.1, 0.15) is 12.5 Å². The van der Waals surface area contributed by atoms with Gasteiger partial charge in [-0.3, -0.25) is 9.59 Å². The predicted octanol–water partition coefficient (Wildman–Crippen LogP) is 4.28. The molecule has 1 aliphatic heterocycles. The maximum Gasteiger partial charge on any atom is 0.316 e. The number of ketones is 1. The minimum absolute atomic E-state index is 0.0147. The van der Waals surface area contributed by atoms with Crippen molar-refractivity contribution in [2.45, 2.75) is 31.8 Å². The third-order valence-electron chi connectivity index (χ3n) is 6.31. The van der Waals surface area contributed by atoms with Crippen LogP contribution >= 0.6 is 0 Å². The number of carbonyl (C=O) groups is 2. The SMILES string of the molecule is C=C1NC2=C(C(=O)CCC2)C(c2cc(OC)c(OC)c(OC)c2)C1C(=O)OCc1ccccc1. The van der Waals surface area contributed by atoms with Gasteiger partial charge in [0.2, 0.25) is 5.75 Å². The van der Waals surface area contributed by atoms with Gasteiger partial charge in [-0.1, -0.05) is 36.9 Å². The Bertz CT molecular complexity index is 1110. The summed E-state index contributed by atoms with van der Waals surface area (Å²) in [7, 11) is 4.59. The van der Waals surface area contributed by atoms with Crippen molar-refractivity contribution in [3.05, 3.63) is 77.1 Å². The number of esters is 1. The first-order valence-corrected chi connectivity index (χ1v) is 11.2. The third kappa shape index (κ3) is 4.38. The van der Waals surface area contributed by atoms with Gasteiger partial charge in [0.25, 0.3) is 0 Å². The van der Waals surface area contributed by atoms with E-state index in [9.17, 15) is 9.59 Å². The van der Waals surface area contributed by atoms with Crippen LogP contribution in [0, 0.1) is 5.92 Å². The maximum absolute atomic E-state index is 13.4. The highest BCUT2D eigenvalue weighted by atomic mass is 16.5. The zero-order valence-corrected chi connectivity index (χ0v) is 19.7. The second-order valence-electron chi connectivity index (χ2n) is 8.33. The fourth-order valence-electron chi connectivity index (χ4n) is 4.73. The number of hydrogen-bond acceptors (Lipinski definition) is 7. The monoisotopic (exact) mass is 463 g/mol. The molecule has 1 aliphatic carbocycles. The van der Waals surface area contributed by atoms with Crippen LogP contribution in [0.3, 0.4) is 0 Å². The summed E-state index contributed by atoms with van der Waals surface area (Å²) >= 11 is 0. The van der Waals surface area contributed by atoms with E-state index in [1.807, 2.05) is 30.3 Å². The topological polar surface area (TPSA) is 83.1 Å². The fourth-order valence-corrected chi connectivity index (χ4v) is 4.73. The Kier molecular flexibility index (Phi) is 6.91. The molecule has 2 aromatic rings. The molecule has 2 aliphatic rings. The van der Waals surface area contributed by atoms with Gasteiger partial charge in [0.05, 0.1) is 21.3 Å². The van der Waals surface area contributed by atoms with Gasteiger partial charge in [-0.25, -0.2) is 0 Å². The summed E-state index contributed by atoms with van der Waals surface area (Å²) in [5.74, 6) is -0.494. The Hall–Kier alpha value is -3.74. The Morgan fingerprint density at radius 3 is 2.32 bits per heavy atom. The molecule has 178 valence electrons. The van der Waals surface area contributed by atoms with E-state index in [0.717, 1.165) is 17.7 Å². The standard InChI is InChI=1S/C27H29NO6/c1-16-23(27(30)34-15-17-9-6-5-7-10-17)24(25-19(28-16)11-8-12-20(25)29)18-13-21(31-2)26(33-4)22(14-18)32-3/h5-7,9-10,13-14,23-24,28H,1,8,11-12,15H2,2-4H3. The lowest BCUT2D eigenvalue weighted by Crippen LogP contribution is -2.41. The Morgan fingerprint density at radius 1 is 1.03 bits per heavy atom. The van der Waals surface area contributed by atoms with Crippen molar-refractivity contribution in [1.82, 2.24) is 5.32 Å². The molecule has 0 saturated heterocycles. The number of ether oxygens (including phenoxy) is 4. The summed E-state index contributed by atoms with van der Waals surface area (Å²) in [6.45, 7) is 4.27. The van der Waals surface area contributed by atoms with Crippen LogP contribution in [0.4, 0.5) is 0 Å². The predicted molar refractivity (Wildman–Crippen MR) is 127 cm³/mol. The van der Waals surface area contributed by atoms with Gasteiger partial charge in [-0.05, 0) is 36.1 Å². The zero-order chi connectivity index (χ0) is 24.2. The molecular formula is C27H29NO6. The van der Waals surface area contributed by atoms with Crippen LogP contribution < -0.4 is 19.5 Å². The van der Waals surface area contributed by atoms with Crippen molar-refractivity contribution in [3.8, 4) is 17.2 Å². The highest BCUT2D eigenvalue weighted by molar-refractivity contribution is 6.00. The van der Waals surface area contributed by atoms with E-state index in [-0.39, 0.29) is 12.4 Å². The number of Topliss-reactive ketones (excluding diaryl/α,β-unsaturated/α-hetero) is 1. The van der Waals surface area contributed by atoms with E-state index in [1.165, 1.54) is 21.3 Å². The number of nitrogens with one attached hydrogen (secondary N) is 1. The van der Waals surface area contributed by atoms with Crippen molar-refractivity contribution < 1.29 is 28.5 Å². The summed E-state index contributed by atoms with van der Waals surface area (Å²) < 4.78 is 22.2. The summed E-state index contributed by atoms with van der Waals surface area (Å²) in [6.07, 6.45) is 1.90. The van der Waals surface area contributed by atoms with Gasteiger partial charge in [0.15, 0.2) is 17.3 Å². The van der Waals surface area contributed by atoms with Crippen molar-refractivity contribution in [1.29, 1.82) is 0 Å². The van der Waals surface area contributed by atoms with Crippen molar-refractivity contribution in [3.63, 3.8) is 0 Å². The molecule has 7 nitrogen and oxygen atoms in total. The van der Waals surface area contributed by atoms with Crippen molar-refractivity contribution in [2.24, 2.45) is 5.92 Å². The summed E-state index contributed by atoms with van der Waals surface area (Å²) in [5, 5.41) is 3.23. The number of methoxy groups -OCH3 is 3. The first kappa shape index (κ1) is 23.4. The molecule has 0 fully saturated rings. The molecule has 2 unspecified atom stereocenters. The van der Waals surface area contributed by atoms with E-state index in [0.29, 0.717) is 46.9 Å². The molecule has 0 bridgehead atoms. The van der Waals surface area contributed by atoms with Crippen molar-refractivity contribution in [2.75, 3.05) is 21.3 Å². The molecule has 2 atom stereocenters. The summed E-state index contributed by atoms with van der Waals surface area (Å²) in [6, 6.07) is 13.0. The molecule has 0 aromatic heterocycles. The number of rotatable bonds is 7. The first-order chi connectivity index (χ1) is 16.5. The second kappa shape index (κ2) is 10.0. The molecule has 4 rings (SSSR count). The minimum Gasteiger partial charge on any atom is -0.493 e. The van der Waals surface area contributed by atoms with Crippen LogP contribution in [0.2, 0.25) is 0 Å². The lowest BCUT2D eigenvalue weighted by atomic mass is 9.71. The quantitative estimate of drug-likeness (QED) is 0.614. The molecular weight excluding hydrogens is 434 g/mol. The van der Waals surface area contributed by atoms with E-state index >= 15 is 0 Å². The van der Waals surface area contributed by atoms with Gasteiger partial charge in [-0.2, -0.15) is 0 Å². The molecule has 0 amide bonds. The van der Waals surface area contributed by atoms with Crippen LogP contribution in [0.15, 0.2) is 66.0 Å². The molecule has 7 heteroatoms. The van der Waals surface area contributed by atoms with Crippen LogP contribution in [0.1, 0.15) is 36.3 Å². The molecule has 1 heterocycles. The second-order valence-corrected chi connectivity index (χ2v) is 8.33. The highest BCUT2D eigenvalue weighted by Crippen LogP contribution is 2.48. The maximum atomic E-state index is 13.4. The molecule has 1 N–H and O–H groups in total. The number of benzene rings is 2. The molecule has 0 spiro atoms. The lowest BCUT2D eigenvalue weighted by molar-refractivity contribution is -0.149. The number of allylic oxidation sites excluding steroid dienone is 2. The lowest BCUT2D eigenvalue weighted by Gasteiger charge is -2.38. The van der Waals surface area contributed by atoms with Crippen LogP contribution in [-0.2, 0) is 20.9 Å². The first-order valence-electron chi connectivity index (χ1n) is 11.2. The normalized spacial score (nSPS) is 19.7. The average Bonchev–Trinajstić information content (AvgIpc) is 2.86. The van der Waals surface area contributed by atoms with Gasteiger partial charge in [-0.15, -0.1) is 0 Å².